The van der Waals surface area contributed by atoms with Crippen LogP contribution in [0.15, 0.2) is 18.3 Å². The van der Waals surface area contributed by atoms with Gasteiger partial charge in [-0.1, -0.05) is 20.8 Å². The number of nitrogens with zero attached hydrogens (tertiary/aromatic N) is 1. The number of H-pyrrole nitrogens is 1. The Morgan fingerprint density at radius 1 is 1.32 bits per heavy atom. The van der Waals surface area contributed by atoms with Crippen molar-refractivity contribution in [3.8, 4) is 0 Å². The second-order valence-electron chi connectivity index (χ2n) is 9.16. The summed E-state index contributed by atoms with van der Waals surface area (Å²) in [5.74, 6) is 2.72. The van der Waals surface area contributed by atoms with Crippen LogP contribution in [0.5, 0.6) is 0 Å². The molecular formula is C21H27N3O. The van der Waals surface area contributed by atoms with Crippen LogP contribution >= 0.6 is 0 Å². The third-order valence-corrected chi connectivity index (χ3v) is 7.50. The minimum absolute atomic E-state index is 0.0238. The van der Waals surface area contributed by atoms with Crippen molar-refractivity contribution >= 4 is 16.9 Å². The van der Waals surface area contributed by atoms with Crippen LogP contribution in [0.4, 0.5) is 0 Å². The molecule has 4 nitrogen and oxygen atoms in total. The number of carbonyl (C=O) groups excluding carboxylic acids is 1. The lowest BCUT2D eigenvalue weighted by Crippen LogP contribution is -2.60. The van der Waals surface area contributed by atoms with Gasteiger partial charge in [-0.3, -0.25) is 4.79 Å². The monoisotopic (exact) mass is 337 g/mol. The molecule has 2 bridgehead atoms. The molecule has 2 N–H and O–H groups in total. The number of hydrogen-bond donors (Lipinski definition) is 2. The Labute approximate surface area is 148 Å². The summed E-state index contributed by atoms with van der Waals surface area (Å²) in [6.45, 7) is 7.09. The van der Waals surface area contributed by atoms with Gasteiger partial charge in [0, 0.05) is 17.6 Å². The molecular weight excluding hydrogens is 310 g/mol. The molecule has 6 rings (SSSR count). The molecule has 0 spiro atoms. The van der Waals surface area contributed by atoms with Crippen LogP contribution in [0, 0.1) is 23.2 Å². The van der Waals surface area contributed by atoms with E-state index >= 15 is 0 Å². The number of hydrogen-bond acceptors (Lipinski definition) is 2. The van der Waals surface area contributed by atoms with Crippen molar-refractivity contribution in [1.29, 1.82) is 0 Å². The molecule has 1 unspecified atom stereocenters. The van der Waals surface area contributed by atoms with Crippen LogP contribution in [0.3, 0.4) is 0 Å². The molecule has 2 aromatic rings. The first-order valence-corrected chi connectivity index (χ1v) is 9.73. The van der Waals surface area contributed by atoms with E-state index in [0.29, 0.717) is 29.0 Å². The molecule has 0 radical (unpaired) electrons. The quantitative estimate of drug-likeness (QED) is 0.880. The van der Waals surface area contributed by atoms with Gasteiger partial charge in [0.25, 0.3) is 5.91 Å². The van der Waals surface area contributed by atoms with E-state index in [1.54, 1.807) is 0 Å². The summed E-state index contributed by atoms with van der Waals surface area (Å²) in [6.07, 6.45) is 6.81. The van der Waals surface area contributed by atoms with Crippen molar-refractivity contribution in [2.45, 2.75) is 58.4 Å². The molecule has 0 aromatic carbocycles. The second kappa shape index (κ2) is 5.09. The second-order valence-corrected chi connectivity index (χ2v) is 9.16. The van der Waals surface area contributed by atoms with Crippen molar-refractivity contribution in [3.05, 3.63) is 29.6 Å². The van der Waals surface area contributed by atoms with Crippen molar-refractivity contribution in [2.75, 3.05) is 0 Å². The molecule has 25 heavy (non-hydrogen) atoms. The lowest BCUT2D eigenvalue weighted by atomic mass is 9.45. The van der Waals surface area contributed by atoms with Gasteiger partial charge in [-0.05, 0) is 72.5 Å². The average molecular weight is 337 g/mol. The molecule has 4 fully saturated rings. The molecule has 4 aliphatic rings. The number of rotatable bonds is 3. The molecule has 4 heteroatoms. The van der Waals surface area contributed by atoms with Gasteiger partial charge in [-0.25, -0.2) is 4.98 Å². The summed E-state index contributed by atoms with van der Waals surface area (Å²) in [4.78, 5) is 20.5. The highest BCUT2D eigenvalue weighted by atomic mass is 16.1. The summed E-state index contributed by atoms with van der Waals surface area (Å²) in [5, 5.41) is 4.43. The third kappa shape index (κ3) is 2.26. The number of pyridine rings is 1. The zero-order valence-corrected chi connectivity index (χ0v) is 15.3. The molecule has 132 valence electrons. The summed E-state index contributed by atoms with van der Waals surface area (Å²) in [5.41, 5.74) is 3.29. The van der Waals surface area contributed by atoms with Gasteiger partial charge in [-0.2, -0.15) is 0 Å². The van der Waals surface area contributed by atoms with Gasteiger partial charge in [0.15, 0.2) is 0 Å². The number of aromatic amines is 1. The van der Waals surface area contributed by atoms with Crippen LogP contribution < -0.4 is 5.32 Å². The number of carbonyl (C=O) groups is 1. The third-order valence-electron chi connectivity index (χ3n) is 7.50. The average Bonchev–Trinajstić information content (AvgIpc) is 3.33. The fourth-order valence-corrected chi connectivity index (χ4v) is 5.51. The summed E-state index contributed by atoms with van der Waals surface area (Å²) >= 11 is 0. The molecule has 2 aromatic heterocycles. The minimum atomic E-state index is 0.0238. The van der Waals surface area contributed by atoms with Gasteiger partial charge < -0.3 is 10.3 Å². The first-order valence-electron chi connectivity index (χ1n) is 9.73. The number of aromatic nitrogens is 2. The molecule has 2 heterocycles. The fourth-order valence-electron chi connectivity index (χ4n) is 5.51. The maximum atomic E-state index is 12.8. The highest BCUT2D eigenvalue weighted by molar-refractivity contribution is 5.98. The van der Waals surface area contributed by atoms with E-state index in [2.05, 4.69) is 42.1 Å². The normalized spacial score (nSPS) is 33.1. The van der Waals surface area contributed by atoms with E-state index in [1.807, 2.05) is 12.3 Å². The van der Waals surface area contributed by atoms with Crippen LogP contribution in [0.1, 0.15) is 68.4 Å². The highest BCUT2D eigenvalue weighted by Crippen LogP contribution is 2.61. The smallest absolute Gasteiger partial charge is 0.267 e. The van der Waals surface area contributed by atoms with Crippen LogP contribution in [-0.4, -0.2) is 21.9 Å². The van der Waals surface area contributed by atoms with Crippen LogP contribution in [-0.2, 0) is 0 Å². The van der Waals surface area contributed by atoms with Gasteiger partial charge in [0.05, 0.1) is 0 Å². The van der Waals surface area contributed by atoms with E-state index in [4.69, 9.17) is 0 Å². The predicted octanol–water partition coefficient (Wildman–Crippen LogP) is 4.24. The Balaban J connectivity index is 1.37. The molecule has 4 atom stereocenters. The zero-order chi connectivity index (χ0) is 17.3. The van der Waals surface area contributed by atoms with Gasteiger partial charge in [-0.15, -0.1) is 0 Å². The maximum Gasteiger partial charge on any atom is 0.267 e. The van der Waals surface area contributed by atoms with E-state index in [1.165, 1.54) is 24.8 Å². The van der Waals surface area contributed by atoms with Crippen molar-refractivity contribution in [2.24, 2.45) is 23.2 Å². The Bertz CT molecular complexity index is 848. The largest absolute Gasteiger partial charge is 0.348 e. The van der Waals surface area contributed by atoms with Crippen LogP contribution in [0.2, 0.25) is 0 Å². The fraction of sp³-hybridized carbons (Fsp3) is 0.619. The maximum absolute atomic E-state index is 12.8. The topological polar surface area (TPSA) is 57.8 Å². The van der Waals surface area contributed by atoms with E-state index in [9.17, 15) is 4.79 Å². The highest BCUT2D eigenvalue weighted by Gasteiger charge is 2.56. The Morgan fingerprint density at radius 3 is 2.80 bits per heavy atom. The SMILES string of the molecule is C[C@@H]1[C@@H](NC(=O)c2cc3c(C4CC4)ccnc3[nH]2)CC2C[C@@H]1C2(C)C. The Kier molecular flexibility index (Phi) is 3.14. The Morgan fingerprint density at radius 2 is 2.12 bits per heavy atom. The lowest BCUT2D eigenvalue weighted by molar-refractivity contribution is -0.113. The summed E-state index contributed by atoms with van der Waals surface area (Å²) in [7, 11) is 0. The van der Waals surface area contributed by atoms with Gasteiger partial charge in [0.1, 0.15) is 11.3 Å². The van der Waals surface area contributed by atoms with Crippen molar-refractivity contribution in [3.63, 3.8) is 0 Å². The predicted molar refractivity (Wildman–Crippen MR) is 98.5 cm³/mol. The number of amides is 1. The van der Waals surface area contributed by atoms with Crippen molar-refractivity contribution < 1.29 is 4.79 Å². The van der Waals surface area contributed by atoms with E-state index < -0.39 is 0 Å². The Hall–Kier alpha value is -1.84. The molecule has 4 aliphatic carbocycles. The first-order chi connectivity index (χ1) is 11.9. The summed E-state index contributed by atoms with van der Waals surface area (Å²) < 4.78 is 0. The van der Waals surface area contributed by atoms with E-state index in [-0.39, 0.29) is 5.91 Å². The molecule has 1 amide bonds. The summed E-state index contributed by atoms with van der Waals surface area (Å²) in [6, 6.07) is 4.41. The lowest BCUT2D eigenvalue weighted by Gasteiger charge is -2.62. The van der Waals surface area contributed by atoms with Gasteiger partial charge >= 0.3 is 0 Å². The van der Waals surface area contributed by atoms with Gasteiger partial charge in [0.2, 0.25) is 0 Å². The number of nitrogens with one attached hydrogen (secondary N) is 2. The van der Waals surface area contributed by atoms with Crippen molar-refractivity contribution in [1.82, 2.24) is 15.3 Å². The first kappa shape index (κ1) is 15.4. The molecule has 0 saturated heterocycles. The van der Waals surface area contributed by atoms with E-state index in [0.717, 1.165) is 29.3 Å². The van der Waals surface area contributed by atoms with Crippen LogP contribution in [0.25, 0.3) is 11.0 Å². The molecule has 4 saturated carbocycles. The standard InChI is InChI=1S/C21H27N3O/c1-11-16-8-13(21(16,2)3)9-17(11)24-20(25)18-10-15-14(12-4-5-12)6-7-22-19(15)23-18/h6-7,10-13,16-17H,4-5,8-9H2,1-3H3,(H,22,23)(H,24,25)/t11-,13?,16-,17-/m0/s1. The molecule has 0 aliphatic heterocycles. The zero-order valence-electron chi connectivity index (χ0n) is 15.3. The minimum Gasteiger partial charge on any atom is -0.348 e. The number of fused-ring (bicyclic) bond motifs is 3.